The molecular weight excluding hydrogens is 288 g/mol. The summed E-state index contributed by atoms with van der Waals surface area (Å²) in [6, 6.07) is 9.31. The lowest BCUT2D eigenvalue weighted by Crippen LogP contribution is -1.99. The highest BCUT2D eigenvalue weighted by molar-refractivity contribution is 6.30. The SMILES string of the molecule is Cc1cnccc1-c1noc(CNc2ccc(Cl)cc2)n1. The molecule has 0 bridgehead atoms. The van der Waals surface area contributed by atoms with Gasteiger partial charge in [-0.25, -0.2) is 0 Å². The van der Waals surface area contributed by atoms with Gasteiger partial charge in [-0.1, -0.05) is 16.8 Å². The number of nitrogens with one attached hydrogen (secondary N) is 1. The van der Waals surface area contributed by atoms with E-state index in [0.29, 0.717) is 23.3 Å². The van der Waals surface area contributed by atoms with Crippen molar-refractivity contribution in [2.45, 2.75) is 13.5 Å². The van der Waals surface area contributed by atoms with Gasteiger partial charge in [0.05, 0.1) is 6.54 Å². The molecule has 0 saturated carbocycles. The fraction of sp³-hybridized carbons (Fsp3) is 0.133. The summed E-state index contributed by atoms with van der Waals surface area (Å²) >= 11 is 5.84. The minimum atomic E-state index is 0.457. The van der Waals surface area contributed by atoms with Crippen LogP contribution in [0.5, 0.6) is 0 Å². The van der Waals surface area contributed by atoms with Gasteiger partial charge in [-0.05, 0) is 42.8 Å². The molecule has 106 valence electrons. The Labute approximate surface area is 127 Å². The van der Waals surface area contributed by atoms with Crippen LogP contribution in [-0.2, 0) is 6.54 Å². The second kappa shape index (κ2) is 5.93. The van der Waals surface area contributed by atoms with Crippen LogP contribution in [0.25, 0.3) is 11.4 Å². The van der Waals surface area contributed by atoms with Gasteiger partial charge in [0.25, 0.3) is 0 Å². The summed E-state index contributed by atoms with van der Waals surface area (Å²) in [5.74, 6) is 1.10. The van der Waals surface area contributed by atoms with Crippen LogP contribution < -0.4 is 5.32 Å². The van der Waals surface area contributed by atoms with Crippen LogP contribution in [0, 0.1) is 6.92 Å². The van der Waals surface area contributed by atoms with Crippen LogP contribution in [0.4, 0.5) is 5.69 Å². The molecule has 3 rings (SSSR count). The van der Waals surface area contributed by atoms with Gasteiger partial charge < -0.3 is 9.84 Å². The van der Waals surface area contributed by atoms with Gasteiger partial charge in [0.15, 0.2) is 0 Å². The summed E-state index contributed by atoms with van der Waals surface area (Å²) in [4.78, 5) is 8.43. The van der Waals surface area contributed by atoms with Gasteiger partial charge in [-0.2, -0.15) is 4.98 Å². The van der Waals surface area contributed by atoms with Crippen molar-refractivity contribution in [2.75, 3.05) is 5.32 Å². The molecule has 2 aromatic heterocycles. The summed E-state index contributed by atoms with van der Waals surface area (Å²) in [6.07, 6.45) is 3.49. The normalized spacial score (nSPS) is 10.6. The third-order valence-electron chi connectivity index (χ3n) is 3.02. The zero-order chi connectivity index (χ0) is 14.7. The van der Waals surface area contributed by atoms with Gasteiger partial charge in [0, 0.05) is 28.7 Å². The van der Waals surface area contributed by atoms with E-state index in [2.05, 4.69) is 20.4 Å². The van der Waals surface area contributed by atoms with E-state index in [-0.39, 0.29) is 0 Å². The average molecular weight is 301 g/mol. The molecule has 6 heteroatoms. The minimum absolute atomic E-state index is 0.457. The number of hydrogen-bond acceptors (Lipinski definition) is 5. The minimum Gasteiger partial charge on any atom is -0.376 e. The predicted octanol–water partition coefficient (Wildman–Crippen LogP) is 3.71. The first-order chi connectivity index (χ1) is 10.2. The fourth-order valence-corrected chi connectivity index (χ4v) is 2.03. The molecule has 0 saturated heterocycles. The van der Waals surface area contributed by atoms with Crippen molar-refractivity contribution < 1.29 is 4.52 Å². The Balaban J connectivity index is 1.71. The van der Waals surface area contributed by atoms with Crippen molar-refractivity contribution in [2.24, 2.45) is 0 Å². The molecule has 0 aliphatic rings. The molecule has 0 radical (unpaired) electrons. The quantitative estimate of drug-likeness (QED) is 0.796. The molecule has 0 amide bonds. The van der Waals surface area contributed by atoms with E-state index in [4.69, 9.17) is 16.1 Å². The van der Waals surface area contributed by atoms with Crippen molar-refractivity contribution in [1.29, 1.82) is 0 Å². The van der Waals surface area contributed by atoms with E-state index in [1.165, 1.54) is 0 Å². The molecule has 0 aliphatic carbocycles. The first kappa shape index (κ1) is 13.6. The summed E-state index contributed by atoms with van der Waals surface area (Å²) in [5, 5.41) is 7.90. The van der Waals surface area contributed by atoms with Crippen LogP contribution >= 0.6 is 11.6 Å². The number of halogens is 1. The lowest BCUT2D eigenvalue weighted by Gasteiger charge is -2.02. The summed E-state index contributed by atoms with van der Waals surface area (Å²) in [7, 11) is 0. The van der Waals surface area contributed by atoms with Crippen molar-refractivity contribution in [3.05, 3.63) is 59.2 Å². The number of hydrogen-bond donors (Lipinski definition) is 1. The highest BCUT2D eigenvalue weighted by Crippen LogP contribution is 2.19. The number of anilines is 1. The Bertz CT molecular complexity index is 739. The van der Waals surface area contributed by atoms with Gasteiger partial charge in [0.1, 0.15) is 0 Å². The molecular formula is C15H13ClN4O. The molecule has 3 aromatic rings. The van der Waals surface area contributed by atoms with E-state index in [1.54, 1.807) is 12.4 Å². The Morgan fingerprint density at radius 3 is 2.76 bits per heavy atom. The maximum Gasteiger partial charge on any atom is 0.246 e. The maximum absolute atomic E-state index is 5.84. The molecule has 0 spiro atoms. The van der Waals surface area contributed by atoms with Gasteiger partial charge >= 0.3 is 0 Å². The Morgan fingerprint density at radius 1 is 1.19 bits per heavy atom. The number of aromatic nitrogens is 3. The van der Waals surface area contributed by atoms with Crippen molar-refractivity contribution in [3.8, 4) is 11.4 Å². The second-order valence-electron chi connectivity index (χ2n) is 4.56. The lowest BCUT2D eigenvalue weighted by molar-refractivity contribution is 0.384. The van der Waals surface area contributed by atoms with Crippen LogP contribution in [0.1, 0.15) is 11.5 Å². The van der Waals surface area contributed by atoms with Gasteiger partial charge in [-0.15, -0.1) is 0 Å². The molecule has 0 fully saturated rings. The standard InChI is InChI=1S/C15H13ClN4O/c1-10-8-17-7-6-13(10)15-19-14(21-20-15)9-18-12-4-2-11(16)3-5-12/h2-8,18H,9H2,1H3. The average Bonchev–Trinajstić information content (AvgIpc) is 2.96. The van der Waals surface area contributed by atoms with Crippen molar-refractivity contribution in [3.63, 3.8) is 0 Å². The monoisotopic (exact) mass is 300 g/mol. The zero-order valence-electron chi connectivity index (χ0n) is 11.4. The highest BCUT2D eigenvalue weighted by Gasteiger charge is 2.10. The Morgan fingerprint density at radius 2 is 2.00 bits per heavy atom. The summed E-state index contributed by atoms with van der Waals surface area (Å²) < 4.78 is 5.25. The van der Waals surface area contributed by atoms with E-state index in [9.17, 15) is 0 Å². The smallest absolute Gasteiger partial charge is 0.246 e. The third kappa shape index (κ3) is 3.20. The fourth-order valence-electron chi connectivity index (χ4n) is 1.91. The topological polar surface area (TPSA) is 63.8 Å². The molecule has 2 heterocycles. The number of benzene rings is 1. The second-order valence-corrected chi connectivity index (χ2v) is 5.00. The molecule has 5 nitrogen and oxygen atoms in total. The van der Waals surface area contributed by atoms with Crippen LogP contribution in [0.15, 0.2) is 47.2 Å². The molecule has 0 aliphatic heterocycles. The first-order valence-corrected chi connectivity index (χ1v) is 6.83. The highest BCUT2D eigenvalue weighted by atomic mass is 35.5. The molecule has 0 atom stereocenters. The van der Waals surface area contributed by atoms with E-state index >= 15 is 0 Å². The molecule has 1 N–H and O–H groups in total. The number of aryl methyl sites for hydroxylation is 1. The summed E-state index contributed by atoms with van der Waals surface area (Å²) in [5.41, 5.74) is 2.88. The number of rotatable bonds is 4. The number of pyridine rings is 1. The molecule has 1 aromatic carbocycles. The third-order valence-corrected chi connectivity index (χ3v) is 3.27. The van der Waals surface area contributed by atoms with E-state index in [1.807, 2.05) is 37.3 Å². The number of nitrogens with zero attached hydrogens (tertiary/aromatic N) is 3. The molecule has 21 heavy (non-hydrogen) atoms. The van der Waals surface area contributed by atoms with E-state index < -0.39 is 0 Å². The van der Waals surface area contributed by atoms with Crippen molar-refractivity contribution in [1.82, 2.24) is 15.1 Å². The first-order valence-electron chi connectivity index (χ1n) is 6.45. The lowest BCUT2D eigenvalue weighted by atomic mass is 10.1. The van der Waals surface area contributed by atoms with Crippen LogP contribution in [-0.4, -0.2) is 15.1 Å². The predicted molar refractivity (Wildman–Crippen MR) is 81.0 cm³/mol. The van der Waals surface area contributed by atoms with Crippen molar-refractivity contribution >= 4 is 17.3 Å². The zero-order valence-corrected chi connectivity index (χ0v) is 12.1. The Kier molecular flexibility index (Phi) is 3.83. The largest absolute Gasteiger partial charge is 0.376 e. The maximum atomic E-state index is 5.84. The summed E-state index contributed by atoms with van der Waals surface area (Å²) in [6.45, 7) is 2.42. The van der Waals surface area contributed by atoms with Gasteiger partial charge in [0.2, 0.25) is 11.7 Å². The van der Waals surface area contributed by atoms with E-state index in [0.717, 1.165) is 16.8 Å². The van der Waals surface area contributed by atoms with Crippen LogP contribution in [0.3, 0.4) is 0 Å². The Hall–Kier alpha value is -2.40. The van der Waals surface area contributed by atoms with Crippen LogP contribution in [0.2, 0.25) is 5.02 Å². The van der Waals surface area contributed by atoms with Gasteiger partial charge in [-0.3, -0.25) is 4.98 Å². The molecule has 0 unspecified atom stereocenters.